The van der Waals surface area contributed by atoms with Crippen LogP contribution in [-0.4, -0.2) is 30.6 Å². The van der Waals surface area contributed by atoms with Gasteiger partial charge in [-0.3, -0.25) is 9.59 Å². The molecule has 2 amide bonds. The smallest absolute Gasteiger partial charge is 0.262 e. The number of carbonyl (C=O) groups excluding carboxylic acids is 2. The lowest BCUT2D eigenvalue weighted by Gasteiger charge is -2.30. The van der Waals surface area contributed by atoms with Crippen molar-refractivity contribution < 1.29 is 14.3 Å². The number of fused-ring (bicyclic) bond motifs is 2. The quantitative estimate of drug-likeness (QED) is 0.852. The molecule has 112 valence electrons. The molecule has 2 aliphatic rings. The number of hydrogen-bond acceptors (Lipinski definition) is 4. The molecule has 2 unspecified atom stereocenters. The van der Waals surface area contributed by atoms with Crippen LogP contribution in [0.4, 0.5) is 5.69 Å². The number of imide groups is 1. The van der Waals surface area contributed by atoms with Gasteiger partial charge in [0.15, 0.2) is 0 Å². The zero-order valence-electron chi connectivity index (χ0n) is 12.3. The molecule has 5 nitrogen and oxygen atoms in total. The van der Waals surface area contributed by atoms with Gasteiger partial charge in [-0.25, -0.2) is 4.90 Å². The summed E-state index contributed by atoms with van der Waals surface area (Å²) in [5.41, 5.74) is 7.34. The summed E-state index contributed by atoms with van der Waals surface area (Å²) in [5, 5.41) is 0. The summed E-state index contributed by atoms with van der Waals surface area (Å²) in [4.78, 5) is 25.9. The third kappa shape index (κ3) is 2.26. The number of anilines is 1. The van der Waals surface area contributed by atoms with E-state index in [-0.39, 0.29) is 17.2 Å². The minimum absolute atomic E-state index is 0.128. The summed E-state index contributed by atoms with van der Waals surface area (Å²) in [7, 11) is 0. The molecule has 0 spiro atoms. The number of hydrogen-bond donors (Lipinski definition) is 1. The molecule has 2 aliphatic heterocycles. The van der Waals surface area contributed by atoms with Crippen molar-refractivity contribution in [2.24, 2.45) is 5.73 Å². The lowest BCUT2D eigenvalue weighted by atomic mass is 9.85. The van der Waals surface area contributed by atoms with Crippen molar-refractivity contribution in [2.45, 2.75) is 44.3 Å². The fourth-order valence-electron chi connectivity index (χ4n) is 2.83. The molecule has 2 fully saturated rings. The van der Waals surface area contributed by atoms with E-state index in [1.807, 2.05) is 24.3 Å². The van der Waals surface area contributed by atoms with E-state index in [1.54, 1.807) is 0 Å². The molecule has 2 saturated heterocycles. The molecule has 3 rings (SSSR count). The van der Waals surface area contributed by atoms with Crippen LogP contribution >= 0.6 is 0 Å². The number of ether oxygens (including phenoxy) is 1. The molecule has 2 heterocycles. The number of amides is 2. The highest BCUT2D eigenvalue weighted by molar-refractivity contribution is 6.19. The van der Waals surface area contributed by atoms with E-state index in [9.17, 15) is 9.59 Å². The number of nitrogens with zero attached hydrogens (tertiary/aromatic N) is 1. The number of benzene rings is 1. The second kappa shape index (κ2) is 4.93. The summed E-state index contributed by atoms with van der Waals surface area (Å²) >= 11 is 0. The first-order valence-electron chi connectivity index (χ1n) is 7.28. The summed E-state index contributed by atoms with van der Waals surface area (Å²) < 4.78 is 5.41. The van der Waals surface area contributed by atoms with Crippen molar-refractivity contribution >= 4 is 17.5 Å². The molecular weight excluding hydrogens is 268 g/mol. The van der Waals surface area contributed by atoms with Crippen LogP contribution in [0.2, 0.25) is 0 Å². The molecule has 0 aliphatic carbocycles. The van der Waals surface area contributed by atoms with E-state index in [1.165, 1.54) is 4.90 Å². The maximum atomic E-state index is 12.3. The molecule has 2 N–H and O–H groups in total. The molecule has 2 atom stereocenters. The molecular formula is C16H20N2O3. The van der Waals surface area contributed by atoms with Gasteiger partial charge in [-0.05, 0) is 30.5 Å². The van der Waals surface area contributed by atoms with E-state index in [0.717, 1.165) is 5.56 Å². The van der Waals surface area contributed by atoms with Crippen LogP contribution in [0.3, 0.4) is 0 Å². The van der Waals surface area contributed by atoms with Crippen molar-refractivity contribution in [2.75, 3.05) is 11.4 Å². The Morgan fingerprint density at radius 1 is 1.14 bits per heavy atom. The Morgan fingerprint density at radius 3 is 2.14 bits per heavy atom. The summed E-state index contributed by atoms with van der Waals surface area (Å²) in [5.74, 6) is -0.501. The van der Waals surface area contributed by atoms with Crippen molar-refractivity contribution in [3.63, 3.8) is 0 Å². The summed E-state index contributed by atoms with van der Waals surface area (Å²) in [6.45, 7) is 4.66. The van der Waals surface area contributed by atoms with Gasteiger partial charge in [0.25, 0.3) is 11.8 Å². The average molecular weight is 288 g/mol. The van der Waals surface area contributed by atoms with Crippen molar-refractivity contribution in [3.05, 3.63) is 29.8 Å². The van der Waals surface area contributed by atoms with Crippen molar-refractivity contribution in [3.8, 4) is 0 Å². The normalized spacial score (nSPS) is 25.6. The van der Waals surface area contributed by atoms with Crippen LogP contribution in [0.25, 0.3) is 0 Å². The monoisotopic (exact) mass is 288 g/mol. The molecule has 1 aromatic carbocycles. The first-order valence-corrected chi connectivity index (χ1v) is 7.28. The second-order valence-electron chi connectivity index (χ2n) is 6.34. The Morgan fingerprint density at radius 2 is 1.67 bits per heavy atom. The minimum Gasteiger partial charge on any atom is -0.355 e. The second-order valence-corrected chi connectivity index (χ2v) is 6.34. The molecule has 2 bridgehead atoms. The van der Waals surface area contributed by atoms with Gasteiger partial charge in [0.1, 0.15) is 12.2 Å². The van der Waals surface area contributed by atoms with E-state index in [0.29, 0.717) is 25.1 Å². The highest BCUT2D eigenvalue weighted by Crippen LogP contribution is 2.32. The molecule has 0 saturated carbocycles. The lowest BCUT2D eigenvalue weighted by molar-refractivity contribution is -0.146. The Labute approximate surface area is 124 Å². The van der Waals surface area contributed by atoms with Gasteiger partial charge in [-0.1, -0.05) is 26.0 Å². The number of carbonyl (C=O) groups is 2. The third-order valence-corrected chi connectivity index (χ3v) is 4.43. The topological polar surface area (TPSA) is 72.6 Å². The lowest BCUT2D eigenvalue weighted by Crippen LogP contribution is -2.52. The Kier molecular flexibility index (Phi) is 3.34. The predicted molar refractivity (Wildman–Crippen MR) is 78.9 cm³/mol. The third-order valence-electron chi connectivity index (χ3n) is 4.43. The van der Waals surface area contributed by atoms with Crippen molar-refractivity contribution in [1.29, 1.82) is 0 Å². The minimum atomic E-state index is -0.465. The van der Waals surface area contributed by atoms with Crippen LogP contribution in [0.1, 0.15) is 32.3 Å². The number of morpholine rings is 1. The molecule has 21 heavy (non-hydrogen) atoms. The van der Waals surface area contributed by atoms with Crippen LogP contribution in [-0.2, 0) is 19.7 Å². The fraction of sp³-hybridized carbons (Fsp3) is 0.500. The SMILES string of the molecule is CC(C)(CN)c1ccc(N2C(=O)C3CCC(O3)C2=O)cc1. The van der Waals surface area contributed by atoms with Gasteiger partial charge < -0.3 is 10.5 Å². The van der Waals surface area contributed by atoms with Crippen molar-refractivity contribution in [1.82, 2.24) is 0 Å². The van der Waals surface area contributed by atoms with E-state index in [4.69, 9.17) is 10.5 Å². The van der Waals surface area contributed by atoms with E-state index < -0.39 is 12.2 Å². The number of nitrogens with two attached hydrogens (primary N) is 1. The molecule has 1 aromatic rings. The van der Waals surface area contributed by atoms with E-state index in [2.05, 4.69) is 13.8 Å². The zero-order chi connectivity index (χ0) is 15.2. The van der Waals surface area contributed by atoms with Crippen LogP contribution in [0, 0.1) is 0 Å². The zero-order valence-corrected chi connectivity index (χ0v) is 12.3. The first-order chi connectivity index (χ1) is 9.94. The standard InChI is InChI=1S/C16H20N2O3/c1-16(2,9-17)10-3-5-11(6-4-10)18-14(19)12-7-8-13(21-12)15(18)20/h3-6,12-13H,7-9,17H2,1-2H3. The molecule has 0 aromatic heterocycles. The predicted octanol–water partition coefficient (Wildman–Crippen LogP) is 1.34. The van der Waals surface area contributed by atoms with Gasteiger partial charge in [-0.2, -0.15) is 0 Å². The highest BCUT2D eigenvalue weighted by Gasteiger charge is 2.47. The largest absolute Gasteiger partial charge is 0.355 e. The molecule has 5 heteroatoms. The maximum absolute atomic E-state index is 12.3. The van der Waals surface area contributed by atoms with Gasteiger partial charge in [0.2, 0.25) is 0 Å². The Hall–Kier alpha value is -1.72. The van der Waals surface area contributed by atoms with E-state index >= 15 is 0 Å². The maximum Gasteiger partial charge on any atom is 0.262 e. The fourth-order valence-corrected chi connectivity index (χ4v) is 2.83. The van der Waals surface area contributed by atoms with Crippen LogP contribution in [0.5, 0.6) is 0 Å². The highest BCUT2D eigenvalue weighted by atomic mass is 16.5. The number of rotatable bonds is 3. The summed E-state index contributed by atoms with van der Waals surface area (Å²) in [6, 6.07) is 7.49. The van der Waals surface area contributed by atoms with Gasteiger partial charge in [0.05, 0.1) is 5.69 Å². The van der Waals surface area contributed by atoms with Gasteiger partial charge >= 0.3 is 0 Å². The Bertz CT molecular complexity index is 558. The summed E-state index contributed by atoms with van der Waals surface area (Å²) in [6.07, 6.45) is 0.328. The van der Waals surface area contributed by atoms with Gasteiger partial charge in [-0.15, -0.1) is 0 Å². The first kappa shape index (κ1) is 14.2. The van der Waals surface area contributed by atoms with Crippen LogP contribution in [0.15, 0.2) is 24.3 Å². The molecule has 0 radical (unpaired) electrons. The average Bonchev–Trinajstić information content (AvgIpc) is 2.93. The Balaban J connectivity index is 1.90. The van der Waals surface area contributed by atoms with Crippen LogP contribution < -0.4 is 10.6 Å². The van der Waals surface area contributed by atoms with Gasteiger partial charge in [0, 0.05) is 12.0 Å².